The average molecular weight is 511 g/mol. The largest absolute Gasteiger partial charge is 0.497 e. The van der Waals surface area contributed by atoms with Crippen molar-refractivity contribution in [3.05, 3.63) is 84.8 Å². The van der Waals surface area contributed by atoms with Crippen LogP contribution in [0.1, 0.15) is 16.3 Å². The van der Waals surface area contributed by atoms with Crippen molar-refractivity contribution in [1.82, 2.24) is 29.3 Å². The smallest absolute Gasteiger partial charge is 0.273 e. The van der Waals surface area contributed by atoms with Gasteiger partial charge in [-0.3, -0.25) is 14.0 Å². The number of aromatic nitrogens is 6. The first-order chi connectivity index (χ1) is 18.4. The summed E-state index contributed by atoms with van der Waals surface area (Å²) in [5.41, 5.74) is 3.18. The minimum Gasteiger partial charge on any atom is -0.497 e. The Morgan fingerprint density at radius 3 is 2.45 bits per heavy atom. The van der Waals surface area contributed by atoms with Gasteiger partial charge in [0.25, 0.3) is 5.91 Å². The Morgan fingerprint density at radius 2 is 1.74 bits per heavy atom. The number of imidazole rings is 1. The topological polar surface area (TPSA) is 121 Å². The second kappa shape index (κ2) is 10.4. The van der Waals surface area contributed by atoms with Gasteiger partial charge in [0, 0.05) is 42.4 Å². The molecular formula is C27H26N8O3. The zero-order valence-electron chi connectivity index (χ0n) is 21.3. The molecule has 0 aliphatic rings. The highest BCUT2D eigenvalue weighted by atomic mass is 16.5. The van der Waals surface area contributed by atoms with Gasteiger partial charge >= 0.3 is 0 Å². The van der Waals surface area contributed by atoms with Crippen LogP contribution in [0.4, 0.5) is 17.2 Å². The van der Waals surface area contributed by atoms with Crippen LogP contribution in [0.5, 0.6) is 11.5 Å². The molecule has 0 radical (unpaired) electrons. The van der Waals surface area contributed by atoms with Gasteiger partial charge in [-0.25, -0.2) is 15.0 Å². The molecule has 5 aromatic rings. The predicted octanol–water partition coefficient (Wildman–Crippen LogP) is 4.38. The third kappa shape index (κ3) is 5.16. The lowest BCUT2D eigenvalue weighted by atomic mass is 10.1. The molecule has 0 saturated carbocycles. The van der Waals surface area contributed by atoms with E-state index in [9.17, 15) is 4.79 Å². The van der Waals surface area contributed by atoms with E-state index in [2.05, 4.69) is 30.7 Å². The molecule has 5 rings (SSSR count). The molecule has 2 N–H and O–H groups in total. The van der Waals surface area contributed by atoms with Gasteiger partial charge in [0.15, 0.2) is 0 Å². The van der Waals surface area contributed by atoms with E-state index in [1.54, 1.807) is 45.9 Å². The van der Waals surface area contributed by atoms with Crippen LogP contribution in [0.15, 0.2) is 73.3 Å². The average Bonchev–Trinajstić information content (AvgIpc) is 3.59. The summed E-state index contributed by atoms with van der Waals surface area (Å²) in [6.45, 7) is 1.83. The van der Waals surface area contributed by atoms with Crippen LogP contribution in [-0.4, -0.2) is 49.4 Å². The highest BCUT2D eigenvalue weighted by molar-refractivity contribution is 6.03. The van der Waals surface area contributed by atoms with Gasteiger partial charge in [0.05, 0.1) is 19.9 Å². The lowest BCUT2D eigenvalue weighted by Gasteiger charge is -2.10. The van der Waals surface area contributed by atoms with Crippen LogP contribution in [0.25, 0.3) is 17.1 Å². The van der Waals surface area contributed by atoms with Crippen molar-refractivity contribution in [1.29, 1.82) is 0 Å². The highest BCUT2D eigenvalue weighted by Crippen LogP contribution is 2.33. The minimum absolute atomic E-state index is 0.287. The van der Waals surface area contributed by atoms with Gasteiger partial charge in [0.1, 0.15) is 41.0 Å². The number of amides is 1. The fourth-order valence-corrected chi connectivity index (χ4v) is 3.95. The first-order valence-corrected chi connectivity index (χ1v) is 11.7. The Bertz CT molecular complexity index is 1580. The molecule has 3 heterocycles. The highest BCUT2D eigenvalue weighted by Gasteiger charge is 2.18. The first kappa shape index (κ1) is 24.5. The number of aryl methyl sites for hydroxylation is 2. The first-order valence-electron chi connectivity index (χ1n) is 11.7. The van der Waals surface area contributed by atoms with E-state index in [0.717, 1.165) is 11.3 Å². The summed E-state index contributed by atoms with van der Waals surface area (Å²) in [6, 6.07) is 16.3. The van der Waals surface area contributed by atoms with Crippen molar-refractivity contribution in [3.8, 4) is 28.6 Å². The molecule has 11 nitrogen and oxygen atoms in total. The van der Waals surface area contributed by atoms with Crippen molar-refractivity contribution < 1.29 is 14.3 Å². The molecule has 1 amide bonds. The number of carbonyl (C=O) groups excluding carboxylic acids is 1. The molecule has 0 aliphatic heterocycles. The maximum Gasteiger partial charge on any atom is 0.273 e. The maximum atomic E-state index is 13.1. The van der Waals surface area contributed by atoms with Crippen molar-refractivity contribution in [2.45, 2.75) is 6.92 Å². The number of nitrogens with zero attached hydrogens (tertiary/aromatic N) is 6. The molecule has 0 atom stereocenters. The monoisotopic (exact) mass is 510 g/mol. The summed E-state index contributed by atoms with van der Waals surface area (Å²) in [6.07, 6.45) is 5.20. The predicted molar refractivity (Wildman–Crippen MR) is 143 cm³/mol. The number of carbonyl (C=O) groups is 1. The SMILES string of the molecule is COc1ccc(OC)c(-c2cc(C(=O)Nc3ccc(Nc4cc(-n5ccnc5)nc(C)n4)cc3)n(C)n2)c1. The Kier molecular flexibility index (Phi) is 6.72. The van der Waals surface area contributed by atoms with Crippen molar-refractivity contribution in [2.75, 3.05) is 24.9 Å². The number of nitrogens with one attached hydrogen (secondary N) is 2. The number of rotatable bonds is 8. The fraction of sp³-hybridized carbons (Fsp3) is 0.148. The molecule has 0 spiro atoms. The zero-order valence-corrected chi connectivity index (χ0v) is 21.3. The fourth-order valence-electron chi connectivity index (χ4n) is 3.95. The van der Waals surface area contributed by atoms with E-state index in [1.807, 2.05) is 60.2 Å². The molecule has 0 unspecified atom stereocenters. The Hall–Kier alpha value is -5.19. The zero-order chi connectivity index (χ0) is 26.6. The third-order valence-corrected chi connectivity index (χ3v) is 5.80. The molecule has 38 heavy (non-hydrogen) atoms. The third-order valence-electron chi connectivity index (χ3n) is 5.80. The van der Waals surface area contributed by atoms with Gasteiger partial charge < -0.3 is 20.1 Å². The molecule has 2 aromatic carbocycles. The standard InChI is InChI=1S/C27H26N8O3/c1-17-29-25(15-26(30-17)35-12-11-28-16-35)31-18-5-7-19(8-6-18)32-27(36)23-14-22(33-34(23)2)21-13-20(37-3)9-10-24(21)38-4/h5-16H,1-4H3,(H,32,36)(H,29,30,31). The van der Waals surface area contributed by atoms with Crippen LogP contribution in [0.2, 0.25) is 0 Å². The van der Waals surface area contributed by atoms with E-state index in [-0.39, 0.29) is 5.91 Å². The minimum atomic E-state index is -0.287. The second-order valence-electron chi connectivity index (χ2n) is 8.39. The van der Waals surface area contributed by atoms with E-state index in [4.69, 9.17) is 9.47 Å². The number of methoxy groups -OCH3 is 2. The normalized spacial score (nSPS) is 10.7. The number of ether oxygens (including phenoxy) is 2. The molecular weight excluding hydrogens is 484 g/mol. The van der Waals surface area contributed by atoms with E-state index in [1.165, 1.54) is 4.68 Å². The Labute approximate surface area is 219 Å². The molecule has 0 bridgehead atoms. The van der Waals surface area contributed by atoms with Crippen LogP contribution in [-0.2, 0) is 7.05 Å². The Morgan fingerprint density at radius 1 is 0.947 bits per heavy atom. The van der Waals surface area contributed by atoms with Gasteiger partial charge in [-0.2, -0.15) is 5.10 Å². The van der Waals surface area contributed by atoms with E-state index >= 15 is 0 Å². The van der Waals surface area contributed by atoms with Gasteiger partial charge in [0.2, 0.25) is 0 Å². The molecule has 3 aromatic heterocycles. The Balaban J connectivity index is 1.30. The summed E-state index contributed by atoms with van der Waals surface area (Å²) >= 11 is 0. The van der Waals surface area contributed by atoms with Crippen molar-refractivity contribution in [2.24, 2.45) is 7.05 Å². The van der Waals surface area contributed by atoms with Crippen LogP contribution >= 0.6 is 0 Å². The summed E-state index contributed by atoms with van der Waals surface area (Å²) < 4.78 is 14.1. The second-order valence-corrected chi connectivity index (χ2v) is 8.39. The summed E-state index contributed by atoms with van der Waals surface area (Å²) in [5, 5.41) is 10.7. The maximum absolute atomic E-state index is 13.1. The molecule has 192 valence electrons. The van der Waals surface area contributed by atoms with E-state index < -0.39 is 0 Å². The summed E-state index contributed by atoms with van der Waals surface area (Å²) in [5.74, 6) is 3.00. The van der Waals surface area contributed by atoms with Crippen LogP contribution < -0.4 is 20.1 Å². The summed E-state index contributed by atoms with van der Waals surface area (Å²) in [7, 11) is 4.90. The molecule has 0 fully saturated rings. The number of anilines is 3. The lowest BCUT2D eigenvalue weighted by molar-refractivity contribution is 0.101. The van der Waals surface area contributed by atoms with Gasteiger partial charge in [-0.15, -0.1) is 0 Å². The number of hydrogen-bond acceptors (Lipinski definition) is 8. The van der Waals surface area contributed by atoms with Gasteiger partial charge in [-0.1, -0.05) is 0 Å². The van der Waals surface area contributed by atoms with Crippen molar-refractivity contribution >= 4 is 23.1 Å². The van der Waals surface area contributed by atoms with Crippen LogP contribution in [0.3, 0.4) is 0 Å². The van der Waals surface area contributed by atoms with E-state index in [0.29, 0.717) is 46.0 Å². The number of hydrogen-bond donors (Lipinski definition) is 2. The van der Waals surface area contributed by atoms with Crippen LogP contribution in [0, 0.1) is 6.92 Å². The van der Waals surface area contributed by atoms with Gasteiger partial charge in [-0.05, 0) is 55.5 Å². The molecule has 11 heteroatoms. The lowest BCUT2D eigenvalue weighted by Crippen LogP contribution is -2.16. The summed E-state index contributed by atoms with van der Waals surface area (Å²) in [4.78, 5) is 26.0. The molecule has 0 saturated heterocycles. The number of benzene rings is 2. The molecule has 0 aliphatic carbocycles. The quantitative estimate of drug-likeness (QED) is 0.315. The van der Waals surface area contributed by atoms with Crippen molar-refractivity contribution in [3.63, 3.8) is 0 Å².